The molecule has 0 unspecified atom stereocenters. The maximum Gasteiger partial charge on any atom is 0.240 e. The van der Waals surface area contributed by atoms with E-state index < -0.39 is 0 Å². The van der Waals surface area contributed by atoms with Gasteiger partial charge in [0.15, 0.2) is 0 Å². The first-order valence-electron chi connectivity index (χ1n) is 8.39. The van der Waals surface area contributed by atoms with Gasteiger partial charge >= 0.3 is 0 Å². The molecule has 0 fully saturated rings. The molecule has 0 saturated carbocycles. The molecular weight excluding hydrogens is 331 g/mol. The molecule has 0 spiro atoms. The molecule has 0 saturated heterocycles. The van der Waals surface area contributed by atoms with Crippen LogP contribution in [-0.4, -0.2) is 11.6 Å². The fourth-order valence-corrected chi connectivity index (χ4v) is 2.82. The number of carbonyl (C=O) groups is 1. The van der Waals surface area contributed by atoms with E-state index in [0.29, 0.717) is 22.9 Å². The van der Waals surface area contributed by atoms with E-state index in [9.17, 15) is 4.79 Å². The number of rotatable bonds is 10. The number of nitrogens with one attached hydrogen (secondary N) is 1. The van der Waals surface area contributed by atoms with E-state index in [-0.39, 0.29) is 5.91 Å². The molecule has 0 aliphatic carbocycles. The second kappa shape index (κ2) is 11.5. The molecule has 0 atom stereocenters. The van der Waals surface area contributed by atoms with E-state index in [2.05, 4.69) is 17.5 Å². The predicted octanol–water partition coefficient (Wildman–Crippen LogP) is 5.97. The molecular formula is C18H26Cl2N2O. The highest BCUT2D eigenvalue weighted by Gasteiger charge is 2.08. The van der Waals surface area contributed by atoms with Crippen LogP contribution in [0.2, 0.25) is 10.0 Å². The van der Waals surface area contributed by atoms with Gasteiger partial charge in [-0.2, -0.15) is 5.10 Å². The Labute approximate surface area is 149 Å². The maximum atomic E-state index is 11.9. The highest BCUT2D eigenvalue weighted by molar-refractivity contribution is 6.37. The minimum Gasteiger partial charge on any atom is -0.273 e. The van der Waals surface area contributed by atoms with Crippen molar-refractivity contribution in [2.24, 2.45) is 5.10 Å². The zero-order chi connectivity index (χ0) is 17.1. The van der Waals surface area contributed by atoms with Gasteiger partial charge in [-0.05, 0) is 25.0 Å². The number of nitrogens with zero attached hydrogens (tertiary/aromatic N) is 1. The van der Waals surface area contributed by atoms with E-state index >= 15 is 0 Å². The maximum absolute atomic E-state index is 11.9. The second-order valence-electron chi connectivity index (χ2n) is 5.59. The van der Waals surface area contributed by atoms with Crippen molar-refractivity contribution in [2.75, 3.05) is 0 Å². The molecule has 0 aliphatic rings. The smallest absolute Gasteiger partial charge is 0.240 e. The quantitative estimate of drug-likeness (QED) is 0.313. The number of hydrogen-bond acceptors (Lipinski definition) is 2. The molecule has 23 heavy (non-hydrogen) atoms. The van der Waals surface area contributed by atoms with Gasteiger partial charge in [-0.15, -0.1) is 0 Å². The van der Waals surface area contributed by atoms with Crippen molar-refractivity contribution >= 4 is 34.8 Å². The molecule has 1 amide bonds. The molecule has 1 aromatic carbocycles. The largest absolute Gasteiger partial charge is 0.273 e. The SMILES string of the molecule is CCCCCCCCC(=O)N/N=C(/CC)c1ccc(Cl)cc1Cl. The van der Waals surface area contributed by atoms with Crippen molar-refractivity contribution < 1.29 is 4.79 Å². The lowest BCUT2D eigenvalue weighted by Crippen LogP contribution is -2.19. The van der Waals surface area contributed by atoms with E-state index in [1.54, 1.807) is 12.1 Å². The highest BCUT2D eigenvalue weighted by Crippen LogP contribution is 2.22. The van der Waals surface area contributed by atoms with E-state index in [1.807, 2.05) is 13.0 Å². The van der Waals surface area contributed by atoms with Crippen LogP contribution < -0.4 is 5.43 Å². The van der Waals surface area contributed by atoms with Crippen molar-refractivity contribution in [3.63, 3.8) is 0 Å². The fourth-order valence-electron chi connectivity index (χ4n) is 2.30. The topological polar surface area (TPSA) is 41.5 Å². The fraction of sp³-hybridized carbons (Fsp3) is 0.556. The van der Waals surface area contributed by atoms with Crippen LogP contribution in [0, 0.1) is 0 Å². The molecule has 0 heterocycles. The number of hydrogen-bond donors (Lipinski definition) is 1. The molecule has 1 aromatic rings. The van der Waals surface area contributed by atoms with Gasteiger partial charge in [-0.25, -0.2) is 5.43 Å². The summed E-state index contributed by atoms with van der Waals surface area (Å²) >= 11 is 12.1. The molecule has 5 heteroatoms. The van der Waals surface area contributed by atoms with Gasteiger partial charge in [0.05, 0.1) is 10.7 Å². The summed E-state index contributed by atoms with van der Waals surface area (Å²) in [5.41, 5.74) is 4.19. The third-order valence-electron chi connectivity index (χ3n) is 3.65. The first kappa shape index (κ1) is 20.0. The van der Waals surface area contributed by atoms with Crippen LogP contribution in [0.15, 0.2) is 23.3 Å². The van der Waals surface area contributed by atoms with Gasteiger partial charge in [0.25, 0.3) is 0 Å². The van der Waals surface area contributed by atoms with Crippen LogP contribution in [0.1, 0.15) is 70.8 Å². The summed E-state index contributed by atoms with van der Waals surface area (Å²) in [6.07, 6.45) is 8.17. The molecule has 3 nitrogen and oxygen atoms in total. The Hall–Kier alpha value is -1.06. The second-order valence-corrected chi connectivity index (χ2v) is 6.43. The van der Waals surface area contributed by atoms with Crippen molar-refractivity contribution in [1.82, 2.24) is 5.43 Å². The van der Waals surface area contributed by atoms with Crippen molar-refractivity contribution in [3.8, 4) is 0 Å². The van der Waals surface area contributed by atoms with Gasteiger partial charge in [0.1, 0.15) is 0 Å². The molecule has 0 radical (unpaired) electrons. The summed E-state index contributed by atoms with van der Waals surface area (Å²) in [7, 11) is 0. The number of halogens is 2. The van der Waals surface area contributed by atoms with Gasteiger partial charge in [0.2, 0.25) is 5.91 Å². The summed E-state index contributed by atoms with van der Waals surface area (Å²) in [6, 6.07) is 5.28. The number of benzene rings is 1. The van der Waals surface area contributed by atoms with Gasteiger partial charge in [0, 0.05) is 17.0 Å². The van der Waals surface area contributed by atoms with Gasteiger partial charge in [-0.1, -0.05) is 75.2 Å². The summed E-state index contributed by atoms with van der Waals surface area (Å²) in [4.78, 5) is 11.9. The molecule has 0 aliphatic heterocycles. The Morgan fingerprint density at radius 1 is 1.09 bits per heavy atom. The Kier molecular flexibility index (Phi) is 9.97. The van der Waals surface area contributed by atoms with Gasteiger partial charge < -0.3 is 0 Å². The predicted molar refractivity (Wildman–Crippen MR) is 99.4 cm³/mol. The number of carbonyl (C=O) groups excluding carboxylic acids is 1. The lowest BCUT2D eigenvalue weighted by Gasteiger charge is -2.08. The number of hydrazone groups is 1. The zero-order valence-electron chi connectivity index (χ0n) is 14.0. The lowest BCUT2D eigenvalue weighted by atomic mass is 10.1. The average Bonchev–Trinajstić information content (AvgIpc) is 2.53. The monoisotopic (exact) mass is 356 g/mol. The molecule has 128 valence electrons. The van der Waals surface area contributed by atoms with Crippen LogP contribution in [0.3, 0.4) is 0 Å². The first-order chi connectivity index (χ1) is 11.1. The van der Waals surface area contributed by atoms with Crippen molar-refractivity contribution in [3.05, 3.63) is 33.8 Å². The summed E-state index contributed by atoms with van der Waals surface area (Å²) in [5.74, 6) is -0.0449. The first-order valence-corrected chi connectivity index (χ1v) is 9.14. The standard InChI is InChI=1S/C18H26Cl2N2O/c1-3-5-6-7-8-9-10-18(23)22-21-17(4-2)15-12-11-14(19)13-16(15)20/h11-13H,3-10H2,1-2H3,(H,22,23)/b21-17-. The highest BCUT2D eigenvalue weighted by atomic mass is 35.5. The number of amides is 1. The lowest BCUT2D eigenvalue weighted by molar-refractivity contribution is -0.121. The van der Waals surface area contributed by atoms with E-state index in [0.717, 1.165) is 24.1 Å². The average molecular weight is 357 g/mol. The third-order valence-corrected chi connectivity index (χ3v) is 4.20. The molecule has 0 aromatic heterocycles. The van der Waals surface area contributed by atoms with Crippen LogP contribution >= 0.6 is 23.2 Å². The normalized spacial score (nSPS) is 11.6. The van der Waals surface area contributed by atoms with Crippen LogP contribution in [-0.2, 0) is 4.79 Å². The Balaban J connectivity index is 2.45. The van der Waals surface area contributed by atoms with E-state index in [4.69, 9.17) is 23.2 Å². The van der Waals surface area contributed by atoms with Crippen molar-refractivity contribution in [2.45, 2.75) is 65.2 Å². The van der Waals surface area contributed by atoms with Gasteiger partial charge in [-0.3, -0.25) is 4.79 Å². The van der Waals surface area contributed by atoms with E-state index in [1.165, 1.54) is 25.7 Å². The molecule has 1 rings (SSSR count). The summed E-state index contributed by atoms with van der Waals surface area (Å²) in [5, 5.41) is 5.35. The van der Waals surface area contributed by atoms with Crippen molar-refractivity contribution in [1.29, 1.82) is 0 Å². The Morgan fingerprint density at radius 2 is 1.78 bits per heavy atom. The Morgan fingerprint density at radius 3 is 2.43 bits per heavy atom. The summed E-state index contributed by atoms with van der Waals surface area (Å²) < 4.78 is 0. The Bertz CT molecular complexity index is 530. The number of unbranched alkanes of at least 4 members (excludes halogenated alkanes) is 5. The third kappa shape index (κ3) is 7.85. The van der Waals surface area contributed by atoms with Crippen LogP contribution in [0.25, 0.3) is 0 Å². The van der Waals surface area contributed by atoms with Crippen LogP contribution in [0.5, 0.6) is 0 Å². The minimum absolute atomic E-state index is 0.0449. The zero-order valence-corrected chi connectivity index (χ0v) is 15.5. The van der Waals surface area contributed by atoms with Crippen LogP contribution in [0.4, 0.5) is 0 Å². The minimum atomic E-state index is -0.0449. The molecule has 1 N–H and O–H groups in total. The summed E-state index contributed by atoms with van der Waals surface area (Å²) in [6.45, 7) is 4.17. The molecule has 0 bridgehead atoms.